The SMILES string of the molecule is CN1CCC(n2c(=O)n(Cc3ccc(-c4nnc(C(F)F)o4)cn3)c3cc(F)c(F)cc32)CC1. The van der Waals surface area contributed by atoms with Crippen LogP contribution in [0.5, 0.6) is 0 Å². The van der Waals surface area contributed by atoms with Crippen LogP contribution in [0.3, 0.4) is 0 Å². The van der Waals surface area contributed by atoms with Gasteiger partial charge in [-0.15, -0.1) is 10.2 Å². The van der Waals surface area contributed by atoms with Gasteiger partial charge in [-0.05, 0) is 45.1 Å². The Kier molecular flexibility index (Phi) is 5.68. The zero-order chi connectivity index (χ0) is 24.0. The van der Waals surface area contributed by atoms with Crippen LogP contribution in [0.25, 0.3) is 22.5 Å². The highest BCUT2D eigenvalue weighted by Gasteiger charge is 2.25. The number of aromatic nitrogens is 5. The molecule has 0 unspecified atom stereocenters. The molecule has 0 atom stereocenters. The van der Waals surface area contributed by atoms with Crippen molar-refractivity contribution in [2.45, 2.75) is 31.9 Å². The van der Waals surface area contributed by atoms with Crippen LogP contribution in [0, 0.1) is 11.6 Å². The molecular formula is C22H20F4N6O2. The number of fused-ring (bicyclic) bond motifs is 1. The molecule has 178 valence electrons. The molecule has 0 bridgehead atoms. The lowest BCUT2D eigenvalue weighted by Gasteiger charge is -2.29. The number of likely N-dealkylation sites (tertiary alicyclic amines) is 1. The normalized spacial score (nSPS) is 15.6. The van der Waals surface area contributed by atoms with Crippen LogP contribution in [0.15, 0.2) is 39.7 Å². The van der Waals surface area contributed by atoms with Crippen LogP contribution in [-0.2, 0) is 6.54 Å². The zero-order valence-corrected chi connectivity index (χ0v) is 18.1. The summed E-state index contributed by atoms with van der Waals surface area (Å²) in [6.07, 6.45) is -0.0922. The second-order valence-corrected chi connectivity index (χ2v) is 8.31. The minimum absolute atomic E-state index is 0.00637. The summed E-state index contributed by atoms with van der Waals surface area (Å²) in [5.74, 6) is -2.96. The van der Waals surface area contributed by atoms with Crippen molar-refractivity contribution in [3.8, 4) is 11.5 Å². The summed E-state index contributed by atoms with van der Waals surface area (Å²) < 4.78 is 61.4. The van der Waals surface area contributed by atoms with Crippen LogP contribution in [0.1, 0.15) is 36.9 Å². The van der Waals surface area contributed by atoms with E-state index in [-0.39, 0.29) is 29.7 Å². The quantitative estimate of drug-likeness (QED) is 0.408. The minimum Gasteiger partial charge on any atom is -0.415 e. The number of piperidine rings is 1. The fourth-order valence-corrected chi connectivity index (χ4v) is 4.28. The number of nitrogens with zero attached hydrogens (tertiary/aromatic N) is 6. The largest absolute Gasteiger partial charge is 0.415 e. The highest BCUT2D eigenvalue weighted by molar-refractivity contribution is 5.76. The third kappa shape index (κ3) is 3.98. The lowest BCUT2D eigenvalue weighted by atomic mass is 10.1. The molecule has 3 aromatic heterocycles. The van der Waals surface area contributed by atoms with Crippen molar-refractivity contribution in [1.82, 2.24) is 29.2 Å². The summed E-state index contributed by atoms with van der Waals surface area (Å²) >= 11 is 0. The van der Waals surface area contributed by atoms with Gasteiger partial charge in [0.05, 0.1) is 28.8 Å². The molecule has 0 radical (unpaired) electrons. The van der Waals surface area contributed by atoms with E-state index in [1.165, 1.54) is 10.8 Å². The molecule has 12 heteroatoms. The van der Waals surface area contributed by atoms with E-state index in [0.29, 0.717) is 29.6 Å². The average molecular weight is 476 g/mol. The molecule has 1 aromatic carbocycles. The highest BCUT2D eigenvalue weighted by atomic mass is 19.3. The fraction of sp³-hybridized carbons (Fsp3) is 0.364. The second kappa shape index (κ2) is 8.67. The lowest BCUT2D eigenvalue weighted by Crippen LogP contribution is -2.36. The molecular weight excluding hydrogens is 456 g/mol. The number of alkyl halides is 2. The van der Waals surface area contributed by atoms with Crippen LogP contribution in [0.4, 0.5) is 17.6 Å². The Balaban J connectivity index is 1.50. The van der Waals surface area contributed by atoms with E-state index in [1.54, 1.807) is 16.7 Å². The molecule has 8 nitrogen and oxygen atoms in total. The summed E-state index contributed by atoms with van der Waals surface area (Å²) in [6.45, 7) is 1.59. The Hall–Kier alpha value is -3.54. The van der Waals surface area contributed by atoms with E-state index in [0.717, 1.165) is 25.2 Å². The van der Waals surface area contributed by atoms with Gasteiger partial charge in [-0.25, -0.2) is 13.6 Å². The van der Waals surface area contributed by atoms with Crippen molar-refractivity contribution >= 4 is 11.0 Å². The van der Waals surface area contributed by atoms with Crippen LogP contribution >= 0.6 is 0 Å². The van der Waals surface area contributed by atoms with Crippen LogP contribution in [-0.4, -0.2) is 49.4 Å². The summed E-state index contributed by atoms with van der Waals surface area (Å²) in [7, 11) is 2.00. The van der Waals surface area contributed by atoms with Gasteiger partial charge in [0.1, 0.15) is 0 Å². The van der Waals surface area contributed by atoms with E-state index in [4.69, 9.17) is 4.42 Å². The highest BCUT2D eigenvalue weighted by Crippen LogP contribution is 2.27. The maximum absolute atomic E-state index is 14.1. The summed E-state index contributed by atoms with van der Waals surface area (Å²) in [6, 6.07) is 5.08. The Labute approximate surface area is 190 Å². The number of benzene rings is 1. The van der Waals surface area contributed by atoms with Crippen molar-refractivity contribution in [1.29, 1.82) is 0 Å². The van der Waals surface area contributed by atoms with E-state index < -0.39 is 24.0 Å². The molecule has 34 heavy (non-hydrogen) atoms. The second-order valence-electron chi connectivity index (χ2n) is 8.31. The molecule has 0 saturated carbocycles. The number of imidazole rings is 1. The standard InChI is InChI=1S/C22H20F4N6O2/c1-30-6-4-14(5-7-30)32-18-9-16(24)15(23)8-17(18)31(22(32)33)11-13-3-2-12(10-27-13)20-28-29-21(34-20)19(25)26/h2-3,8-10,14,19H,4-7,11H2,1H3. The van der Waals surface area contributed by atoms with Gasteiger partial charge in [0.15, 0.2) is 11.6 Å². The average Bonchev–Trinajstić information content (AvgIpc) is 3.40. The van der Waals surface area contributed by atoms with Gasteiger partial charge in [-0.3, -0.25) is 14.1 Å². The van der Waals surface area contributed by atoms with Gasteiger partial charge in [0.25, 0.3) is 5.89 Å². The van der Waals surface area contributed by atoms with Gasteiger partial charge in [-0.2, -0.15) is 8.78 Å². The molecule has 0 aliphatic carbocycles. The van der Waals surface area contributed by atoms with Crippen molar-refractivity contribution in [2.24, 2.45) is 0 Å². The lowest BCUT2D eigenvalue weighted by molar-refractivity contribution is 0.116. The van der Waals surface area contributed by atoms with Crippen LogP contribution in [0.2, 0.25) is 0 Å². The van der Waals surface area contributed by atoms with E-state index in [1.807, 2.05) is 7.05 Å². The molecule has 1 fully saturated rings. The molecule has 0 spiro atoms. The molecule has 1 aliphatic rings. The third-order valence-electron chi connectivity index (χ3n) is 6.08. The zero-order valence-electron chi connectivity index (χ0n) is 18.1. The first-order chi connectivity index (χ1) is 16.3. The number of halogens is 4. The molecule has 5 rings (SSSR count). The predicted octanol–water partition coefficient (Wildman–Crippen LogP) is 3.78. The molecule has 1 aliphatic heterocycles. The molecule has 0 N–H and O–H groups in total. The Morgan fingerprint density at radius 2 is 1.79 bits per heavy atom. The first-order valence-electron chi connectivity index (χ1n) is 10.7. The van der Waals surface area contributed by atoms with Crippen molar-refractivity contribution in [2.75, 3.05) is 20.1 Å². The molecule has 0 amide bonds. The number of rotatable bonds is 5. The third-order valence-corrected chi connectivity index (χ3v) is 6.08. The van der Waals surface area contributed by atoms with Crippen LogP contribution < -0.4 is 5.69 Å². The summed E-state index contributed by atoms with van der Waals surface area (Å²) in [5, 5.41) is 6.86. The molecule has 4 heterocycles. The topological polar surface area (TPSA) is 82.0 Å². The smallest absolute Gasteiger partial charge is 0.329 e. The van der Waals surface area contributed by atoms with Crippen molar-refractivity contribution in [3.05, 3.63) is 64.2 Å². The molecule has 1 saturated heterocycles. The number of hydrogen-bond donors (Lipinski definition) is 0. The van der Waals surface area contributed by atoms with Crippen molar-refractivity contribution in [3.63, 3.8) is 0 Å². The van der Waals surface area contributed by atoms with E-state index in [2.05, 4.69) is 20.1 Å². The minimum atomic E-state index is -2.88. The first-order valence-corrected chi connectivity index (χ1v) is 10.7. The summed E-state index contributed by atoms with van der Waals surface area (Å²) in [5.41, 5.74) is 1.01. The Morgan fingerprint density at radius 1 is 1.09 bits per heavy atom. The number of hydrogen-bond acceptors (Lipinski definition) is 6. The Bertz CT molecular complexity index is 1390. The molecule has 4 aromatic rings. The monoisotopic (exact) mass is 476 g/mol. The van der Waals surface area contributed by atoms with Gasteiger partial charge >= 0.3 is 12.1 Å². The van der Waals surface area contributed by atoms with E-state index >= 15 is 0 Å². The van der Waals surface area contributed by atoms with Gasteiger partial charge in [0.2, 0.25) is 5.89 Å². The van der Waals surface area contributed by atoms with Crippen molar-refractivity contribution < 1.29 is 22.0 Å². The van der Waals surface area contributed by atoms with E-state index in [9.17, 15) is 22.4 Å². The maximum Gasteiger partial charge on any atom is 0.329 e. The number of pyridine rings is 1. The van der Waals surface area contributed by atoms with Gasteiger partial charge in [-0.1, -0.05) is 0 Å². The predicted molar refractivity (Wildman–Crippen MR) is 113 cm³/mol. The van der Waals surface area contributed by atoms with Gasteiger partial charge < -0.3 is 9.32 Å². The Morgan fingerprint density at radius 3 is 2.41 bits per heavy atom. The summed E-state index contributed by atoms with van der Waals surface area (Å²) in [4.78, 5) is 19.8. The fourth-order valence-electron chi connectivity index (χ4n) is 4.28. The first kappa shape index (κ1) is 22.3. The maximum atomic E-state index is 14.1. The van der Waals surface area contributed by atoms with Gasteiger partial charge in [0, 0.05) is 24.4 Å².